The molecule has 1 aliphatic carbocycles. The average molecular weight is 215 g/mol. The maximum absolute atomic E-state index is 9.85. The molecule has 15 heavy (non-hydrogen) atoms. The third kappa shape index (κ3) is 4.96. The minimum absolute atomic E-state index is 0.189. The van der Waals surface area contributed by atoms with Gasteiger partial charge in [0.15, 0.2) is 0 Å². The predicted molar refractivity (Wildman–Crippen MR) is 61.8 cm³/mol. The molecule has 3 unspecified atom stereocenters. The van der Waals surface area contributed by atoms with Gasteiger partial charge < -0.3 is 15.5 Å². The highest BCUT2D eigenvalue weighted by molar-refractivity contribution is 4.78. The molecule has 0 amide bonds. The predicted octanol–water partition coefficient (Wildman–Crippen LogP) is 1.43. The van der Waals surface area contributed by atoms with Crippen molar-refractivity contribution < 1.29 is 10.2 Å². The van der Waals surface area contributed by atoms with E-state index in [1.54, 1.807) is 0 Å². The normalized spacial score (nSPS) is 29.8. The molecular formula is C12H25NO2. The van der Waals surface area contributed by atoms with Gasteiger partial charge in [0.1, 0.15) is 0 Å². The van der Waals surface area contributed by atoms with Crippen molar-refractivity contribution in [2.24, 2.45) is 0 Å². The molecule has 0 aromatic carbocycles. The Balaban J connectivity index is 2.17. The second-order valence-electron chi connectivity index (χ2n) is 4.62. The molecule has 0 heterocycles. The van der Waals surface area contributed by atoms with Crippen LogP contribution in [0.2, 0.25) is 0 Å². The fourth-order valence-electron chi connectivity index (χ4n) is 2.17. The molecule has 0 aromatic rings. The summed E-state index contributed by atoms with van der Waals surface area (Å²) in [7, 11) is 0. The van der Waals surface area contributed by atoms with E-state index in [9.17, 15) is 10.2 Å². The van der Waals surface area contributed by atoms with Gasteiger partial charge in [0, 0.05) is 6.04 Å². The van der Waals surface area contributed by atoms with Crippen molar-refractivity contribution in [3.8, 4) is 0 Å². The molecule has 3 N–H and O–H groups in total. The van der Waals surface area contributed by atoms with Crippen LogP contribution in [0.1, 0.15) is 51.9 Å². The number of nitrogens with one attached hydrogen (secondary N) is 1. The number of hydrogen-bond acceptors (Lipinski definition) is 3. The number of rotatable bonds is 5. The Bertz CT molecular complexity index is 164. The van der Waals surface area contributed by atoms with E-state index in [2.05, 4.69) is 5.32 Å². The van der Waals surface area contributed by atoms with Crippen LogP contribution in [0.3, 0.4) is 0 Å². The van der Waals surface area contributed by atoms with Crippen molar-refractivity contribution in [1.82, 2.24) is 5.32 Å². The third-order valence-electron chi connectivity index (χ3n) is 3.33. The molecule has 0 saturated heterocycles. The van der Waals surface area contributed by atoms with Crippen LogP contribution in [-0.2, 0) is 0 Å². The fourth-order valence-corrected chi connectivity index (χ4v) is 2.17. The maximum Gasteiger partial charge on any atom is 0.0693 e. The first-order chi connectivity index (χ1) is 7.24. The zero-order valence-corrected chi connectivity index (χ0v) is 9.78. The van der Waals surface area contributed by atoms with E-state index in [1.807, 2.05) is 6.92 Å². The summed E-state index contributed by atoms with van der Waals surface area (Å²) >= 11 is 0. The highest BCUT2D eigenvalue weighted by Crippen LogP contribution is 2.17. The maximum atomic E-state index is 9.85. The van der Waals surface area contributed by atoms with E-state index >= 15 is 0 Å². The van der Waals surface area contributed by atoms with Gasteiger partial charge in [-0.25, -0.2) is 0 Å². The summed E-state index contributed by atoms with van der Waals surface area (Å²) in [5.74, 6) is 0. The van der Waals surface area contributed by atoms with Crippen LogP contribution < -0.4 is 5.32 Å². The van der Waals surface area contributed by atoms with Crippen molar-refractivity contribution in [1.29, 1.82) is 0 Å². The second kappa shape index (κ2) is 7.20. The Hall–Kier alpha value is -0.120. The lowest BCUT2D eigenvalue weighted by Gasteiger charge is -2.22. The highest BCUT2D eigenvalue weighted by Gasteiger charge is 2.20. The van der Waals surface area contributed by atoms with Crippen LogP contribution in [0.15, 0.2) is 0 Å². The van der Waals surface area contributed by atoms with E-state index < -0.39 is 0 Å². The summed E-state index contributed by atoms with van der Waals surface area (Å²) in [6.07, 6.45) is 6.83. The SMILES string of the molecule is CCC(O)CCNC1CCCCCC1O. The lowest BCUT2D eigenvalue weighted by molar-refractivity contribution is 0.113. The first-order valence-corrected chi connectivity index (χ1v) is 6.33. The van der Waals surface area contributed by atoms with Gasteiger partial charge in [0.25, 0.3) is 0 Å². The molecular weight excluding hydrogens is 190 g/mol. The summed E-state index contributed by atoms with van der Waals surface area (Å²) in [5.41, 5.74) is 0. The van der Waals surface area contributed by atoms with Crippen LogP contribution in [0, 0.1) is 0 Å². The number of hydrogen-bond donors (Lipinski definition) is 3. The van der Waals surface area contributed by atoms with Gasteiger partial charge in [-0.1, -0.05) is 26.2 Å². The topological polar surface area (TPSA) is 52.5 Å². The summed E-state index contributed by atoms with van der Waals surface area (Å²) < 4.78 is 0. The zero-order valence-electron chi connectivity index (χ0n) is 9.78. The molecule has 1 aliphatic rings. The first-order valence-electron chi connectivity index (χ1n) is 6.33. The fraction of sp³-hybridized carbons (Fsp3) is 1.00. The van der Waals surface area contributed by atoms with E-state index in [0.717, 1.165) is 38.6 Å². The van der Waals surface area contributed by atoms with Crippen molar-refractivity contribution in [2.45, 2.75) is 70.1 Å². The number of aliphatic hydroxyl groups excluding tert-OH is 2. The summed E-state index contributed by atoms with van der Waals surface area (Å²) in [6, 6.07) is 0.247. The Morgan fingerprint density at radius 2 is 2.00 bits per heavy atom. The Kier molecular flexibility index (Phi) is 6.22. The van der Waals surface area contributed by atoms with E-state index in [-0.39, 0.29) is 18.2 Å². The molecule has 0 radical (unpaired) electrons. The minimum atomic E-state index is -0.194. The minimum Gasteiger partial charge on any atom is -0.393 e. The van der Waals surface area contributed by atoms with Crippen molar-refractivity contribution in [3.05, 3.63) is 0 Å². The van der Waals surface area contributed by atoms with Gasteiger partial charge >= 0.3 is 0 Å². The standard InChI is InChI=1S/C12H25NO2/c1-2-10(14)8-9-13-11-6-4-3-5-7-12(11)15/h10-15H,2-9H2,1H3. The molecule has 1 saturated carbocycles. The van der Waals surface area contributed by atoms with E-state index in [0.29, 0.717) is 0 Å². The van der Waals surface area contributed by atoms with E-state index in [1.165, 1.54) is 12.8 Å². The van der Waals surface area contributed by atoms with Crippen molar-refractivity contribution >= 4 is 0 Å². The van der Waals surface area contributed by atoms with Gasteiger partial charge in [0.05, 0.1) is 12.2 Å². The molecule has 1 fully saturated rings. The molecule has 0 aliphatic heterocycles. The monoisotopic (exact) mass is 215 g/mol. The second-order valence-corrected chi connectivity index (χ2v) is 4.62. The van der Waals surface area contributed by atoms with Gasteiger partial charge in [0.2, 0.25) is 0 Å². The molecule has 90 valence electrons. The Morgan fingerprint density at radius 1 is 1.27 bits per heavy atom. The lowest BCUT2D eigenvalue weighted by Crippen LogP contribution is -2.40. The lowest BCUT2D eigenvalue weighted by atomic mass is 10.1. The summed E-state index contributed by atoms with van der Waals surface area (Å²) in [4.78, 5) is 0. The summed E-state index contributed by atoms with van der Waals surface area (Å²) in [5, 5.41) is 22.6. The third-order valence-corrected chi connectivity index (χ3v) is 3.33. The van der Waals surface area contributed by atoms with Crippen LogP contribution >= 0.6 is 0 Å². The zero-order chi connectivity index (χ0) is 11.1. The van der Waals surface area contributed by atoms with Crippen LogP contribution in [0.5, 0.6) is 0 Å². The van der Waals surface area contributed by atoms with Crippen LogP contribution in [0.4, 0.5) is 0 Å². The largest absolute Gasteiger partial charge is 0.393 e. The number of aliphatic hydroxyl groups is 2. The molecule has 0 bridgehead atoms. The van der Waals surface area contributed by atoms with Gasteiger partial charge in [-0.05, 0) is 32.2 Å². The van der Waals surface area contributed by atoms with Gasteiger partial charge in [-0.2, -0.15) is 0 Å². The molecule has 0 aromatic heterocycles. The van der Waals surface area contributed by atoms with Crippen molar-refractivity contribution in [3.63, 3.8) is 0 Å². The van der Waals surface area contributed by atoms with Crippen LogP contribution in [0.25, 0.3) is 0 Å². The summed E-state index contributed by atoms with van der Waals surface area (Å²) in [6.45, 7) is 2.81. The average Bonchev–Trinajstić information content (AvgIpc) is 2.44. The van der Waals surface area contributed by atoms with E-state index in [4.69, 9.17) is 0 Å². The first kappa shape index (κ1) is 12.9. The van der Waals surface area contributed by atoms with Gasteiger partial charge in [-0.15, -0.1) is 0 Å². The smallest absolute Gasteiger partial charge is 0.0693 e. The molecule has 0 spiro atoms. The Labute approximate surface area is 92.9 Å². The molecule has 1 rings (SSSR count). The molecule has 3 atom stereocenters. The molecule has 3 heteroatoms. The highest BCUT2D eigenvalue weighted by atomic mass is 16.3. The van der Waals surface area contributed by atoms with Crippen molar-refractivity contribution in [2.75, 3.05) is 6.54 Å². The Morgan fingerprint density at radius 3 is 2.73 bits per heavy atom. The van der Waals surface area contributed by atoms with Crippen LogP contribution in [-0.4, -0.2) is 35.0 Å². The molecule has 3 nitrogen and oxygen atoms in total. The quantitative estimate of drug-likeness (QED) is 0.608. The van der Waals surface area contributed by atoms with Gasteiger partial charge in [-0.3, -0.25) is 0 Å².